The van der Waals surface area contributed by atoms with Crippen LogP contribution in [-0.4, -0.2) is 34.8 Å². The van der Waals surface area contributed by atoms with Crippen molar-refractivity contribution >= 4 is 5.91 Å². The van der Waals surface area contributed by atoms with Crippen molar-refractivity contribution in [3.63, 3.8) is 0 Å². The van der Waals surface area contributed by atoms with Gasteiger partial charge in [-0.05, 0) is 56.3 Å². The molecule has 1 aromatic carbocycles. The maximum absolute atomic E-state index is 13.1. The van der Waals surface area contributed by atoms with Gasteiger partial charge >= 0.3 is 0 Å². The quantitative estimate of drug-likeness (QED) is 0.905. The van der Waals surface area contributed by atoms with Gasteiger partial charge in [-0.25, -0.2) is 0 Å². The number of hydrogen-bond acceptors (Lipinski definition) is 3. The van der Waals surface area contributed by atoms with E-state index in [9.17, 15) is 4.79 Å². The fourth-order valence-electron chi connectivity index (χ4n) is 3.98. The minimum Gasteiger partial charge on any atom is -0.351 e. The van der Waals surface area contributed by atoms with E-state index >= 15 is 0 Å². The third-order valence-corrected chi connectivity index (χ3v) is 5.54. The number of carbonyl (C=O) groups excluding carboxylic acids is 1. The summed E-state index contributed by atoms with van der Waals surface area (Å²) < 4.78 is 1.86. The second-order valence-corrected chi connectivity index (χ2v) is 6.98. The third-order valence-electron chi connectivity index (χ3n) is 5.54. The largest absolute Gasteiger partial charge is 0.351 e. The normalized spacial score (nSPS) is 25.7. The van der Waals surface area contributed by atoms with Crippen LogP contribution in [0.25, 0.3) is 0 Å². The van der Waals surface area contributed by atoms with Crippen molar-refractivity contribution in [2.75, 3.05) is 13.1 Å². The van der Waals surface area contributed by atoms with Crippen LogP contribution in [0.4, 0.5) is 0 Å². The molecule has 24 heavy (non-hydrogen) atoms. The highest BCUT2D eigenvalue weighted by molar-refractivity contribution is 5.85. The molecular formula is C19H24N4O. The fraction of sp³-hybridized carbons (Fsp3) is 0.474. The minimum atomic E-state index is -0.535. The van der Waals surface area contributed by atoms with E-state index in [0.717, 1.165) is 38.8 Å². The van der Waals surface area contributed by atoms with Gasteiger partial charge in [0.15, 0.2) is 0 Å². The number of carbonyl (C=O) groups is 1. The first-order valence-electron chi connectivity index (χ1n) is 8.85. The van der Waals surface area contributed by atoms with Crippen molar-refractivity contribution < 1.29 is 4.79 Å². The molecule has 1 aromatic heterocycles. The van der Waals surface area contributed by atoms with Crippen LogP contribution in [0.1, 0.15) is 37.2 Å². The van der Waals surface area contributed by atoms with E-state index in [4.69, 9.17) is 0 Å². The summed E-state index contributed by atoms with van der Waals surface area (Å²) in [5.41, 5.74) is 0.846. The van der Waals surface area contributed by atoms with Crippen molar-refractivity contribution in [1.29, 1.82) is 0 Å². The average Bonchev–Trinajstić information content (AvgIpc) is 3.14. The lowest BCUT2D eigenvalue weighted by Crippen LogP contribution is -2.58. The number of benzene rings is 1. The SMILES string of the molecule is O=C(NC1CC(c2ccccc2)C1)C1(n2cccn2)CCNCC1. The number of nitrogens with zero attached hydrogens (tertiary/aromatic N) is 2. The Morgan fingerprint density at radius 3 is 2.58 bits per heavy atom. The standard InChI is InChI=1S/C19H24N4O/c24-18(19(7-10-20-11-8-19)23-12-4-9-21-23)22-17-13-16(14-17)15-5-2-1-3-6-15/h1-6,9,12,16-17,20H,7-8,10-11,13-14H2,(H,22,24). The zero-order valence-corrected chi connectivity index (χ0v) is 13.8. The predicted octanol–water partition coefficient (Wildman–Crippen LogP) is 2.02. The number of hydrogen-bond donors (Lipinski definition) is 2. The molecule has 2 fully saturated rings. The first-order chi connectivity index (χ1) is 11.8. The van der Waals surface area contributed by atoms with E-state index in [1.807, 2.05) is 23.0 Å². The molecule has 2 N–H and O–H groups in total. The van der Waals surface area contributed by atoms with Gasteiger partial charge in [-0.1, -0.05) is 30.3 Å². The molecule has 0 bridgehead atoms. The van der Waals surface area contributed by atoms with Crippen molar-refractivity contribution in [3.05, 3.63) is 54.4 Å². The predicted molar refractivity (Wildman–Crippen MR) is 92.7 cm³/mol. The van der Waals surface area contributed by atoms with E-state index < -0.39 is 5.54 Å². The van der Waals surface area contributed by atoms with Crippen LogP contribution < -0.4 is 10.6 Å². The molecule has 5 nitrogen and oxygen atoms in total. The first kappa shape index (κ1) is 15.4. The highest BCUT2D eigenvalue weighted by Crippen LogP contribution is 2.37. The molecule has 1 amide bonds. The van der Waals surface area contributed by atoms with Gasteiger partial charge in [0.05, 0.1) is 0 Å². The molecule has 5 heteroatoms. The van der Waals surface area contributed by atoms with E-state index in [-0.39, 0.29) is 11.9 Å². The Hall–Kier alpha value is -2.14. The van der Waals surface area contributed by atoms with E-state index in [1.165, 1.54) is 5.56 Å². The van der Waals surface area contributed by atoms with Gasteiger partial charge in [-0.3, -0.25) is 9.48 Å². The van der Waals surface area contributed by atoms with Crippen LogP contribution in [0.2, 0.25) is 0 Å². The van der Waals surface area contributed by atoms with Crippen LogP contribution in [0.15, 0.2) is 48.8 Å². The average molecular weight is 324 g/mol. The monoisotopic (exact) mass is 324 g/mol. The van der Waals surface area contributed by atoms with Gasteiger partial charge in [0.1, 0.15) is 5.54 Å². The summed E-state index contributed by atoms with van der Waals surface area (Å²) in [6.07, 6.45) is 7.31. The molecule has 0 atom stereocenters. The lowest BCUT2D eigenvalue weighted by Gasteiger charge is -2.41. The number of amides is 1. The second-order valence-electron chi connectivity index (χ2n) is 6.98. The van der Waals surface area contributed by atoms with Gasteiger partial charge in [-0.15, -0.1) is 0 Å². The number of rotatable bonds is 4. The summed E-state index contributed by atoms with van der Waals surface area (Å²) >= 11 is 0. The minimum absolute atomic E-state index is 0.129. The summed E-state index contributed by atoms with van der Waals surface area (Å²) in [7, 11) is 0. The summed E-state index contributed by atoms with van der Waals surface area (Å²) in [5, 5.41) is 11.0. The van der Waals surface area contributed by atoms with Gasteiger partial charge in [0.2, 0.25) is 5.91 Å². The van der Waals surface area contributed by atoms with E-state index in [2.05, 4.69) is 40.0 Å². The molecule has 2 heterocycles. The fourth-order valence-corrected chi connectivity index (χ4v) is 3.98. The van der Waals surface area contributed by atoms with Gasteiger partial charge < -0.3 is 10.6 Å². The van der Waals surface area contributed by atoms with E-state index in [1.54, 1.807) is 6.20 Å². The Bertz CT molecular complexity index is 671. The molecule has 2 aliphatic rings. The zero-order valence-electron chi connectivity index (χ0n) is 13.8. The molecule has 1 saturated carbocycles. The first-order valence-corrected chi connectivity index (χ1v) is 8.85. The molecule has 1 aliphatic carbocycles. The number of piperidine rings is 1. The van der Waals surface area contributed by atoms with Crippen LogP contribution in [-0.2, 0) is 10.3 Å². The summed E-state index contributed by atoms with van der Waals surface area (Å²) in [4.78, 5) is 13.1. The van der Waals surface area contributed by atoms with Crippen molar-refractivity contribution in [2.45, 2.75) is 43.2 Å². The maximum Gasteiger partial charge on any atom is 0.248 e. The Labute approximate surface area is 142 Å². The van der Waals surface area contributed by atoms with Crippen LogP contribution in [0, 0.1) is 0 Å². The van der Waals surface area contributed by atoms with Crippen LogP contribution in [0.3, 0.4) is 0 Å². The smallest absolute Gasteiger partial charge is 0.248 e. The lowest BCUT2D eigenvalue weighted by molar-refractivity contribution is -0.133. The van der Waals surface area contributed by atoms with Crippen molar-refractivity contribution in [2.24, 2.45) is 0 Å². The van der Waals surface area contributed by atoms with Crippen LogP contribution in [0.5, 0.6) is 0 Å². The molecule has 1 saturated heterocycles. The molecule has 2 aromatic rings. The number of nitrogens with one attached hydrogen (secondary N) is 2. The lowest BCUT2D eigenvalue weighted by atomic mass is 9.75. The van der Waals surface area contributed by atoms with E-state index in [0.29, 0.717) is 5.92 Å². The second kappa shape index (κ2) is 6.40. The van der Waals surface area contributed by atoms with Gasteiger partial charge in [0, 0.05) is 18.4 Å². The number of aromatic nitrogens is 2. The Morgan fingerprint density at radius 2 is 1.92 bits per heavy atom. The summed E-state index contributed by atoms with van der Waals surface area (Å²) in [5.74, 6) is 0.703. The van der Waals surface area contributed by atoms with Gasteiger partial charge in [-0.2, -0.15) is 5.10 Å². The summed E-state index contributed by atoms with van der Waals surface area (Å²) in [6, 6.07) is 12.8. The zero-order chi connectivity index (χ0) is 16.4. The Morgan fingerprint density at radius 1 is 1.17 bits per heavy atom. The summed E-state index contributed by atoms with van der Waals surface area (Å²) in [6.45, 7) is 1.70. The molecule has 0 radical (unpaired) electrons. The highest BCUT2D eigenvalue weighted by Gasteiger charge is 2.44. The van der Waals surface area contributed by atoms with Gasteiger partial charge in [0.25, 0.3) is 0 Å². The maximum atomic E-state index is 13.1. The molecule has 1 aliphatic heterocycles. The molecule has 4 rings (SSSR count). The highest BCUT2D eigenvalue weighted by atomic mass is 16.2. The Balaban J connectivity index is 1.42. The third kappa shape index (κ3) is 2.73. The van der Waals surface area contributed by atoms with Crippen LogP contribution >= 0.6 is 0 Å². The topological polar surface area (TPSA) is 59.0 Å². The molecule has 126 valence electrons. The molecule has 0 spiro atoms. The Kier molecular flexibility index (Phi) is 4.10. The van der Waals surface area contributed by atoms with Crippen molar-refractivity contribution in [1.82, 2.24) is 20.4 Å². The molecular weight excluding hydrogens is 300 g/mol. The van der Waals surface area contributed by atoms with Crippen molar-refractivity contribution in [3.8, 4) is 0 Å². The molecule has 0 unspecified atom stereocenters.